The molecule has 3 heterocycles. The molecule has 140 valence electrons. The fourth-order valence-corrected chi connectivity index (χ4v) is 3.04. The molecule has 1 atom stereocenters. The quantitative estimate of drug-likeness (QED) is 0.762. The molecule has 0 bridgehead atoms. The second-order valence-electron chi connectivity index (χ2n) is 6.11. The van der Waals surface area contributed by atoms with Crippen LogP contribution < -0.4 is 5.32 Å². The summed E-state index contributed by atoms with van der Waals surface area (Å²) in [6, 6.07) is 7.45. The Kier molecular flexibility index (Phi) is 6.25. The highest BCUT2D eigenvalue weighted by Crippen LogP contribution is 2.25. The van der Waals surface area contributed by atoms with Gasteiger partial charge in [-0.3, -0.25) is 4.90 Å². The monoisotopic (exact) mass is 359 g/mol. The Morgan fingerprint density at radius 3 is 2.85 bits per heavy atom. The number of aromatic nitrogens is 1. The second kappa shape index (κ2) is 8.82. The standard InChI is InChI=1S/C19H25N3O4/c1-3-25-19(23)15-5-4-8-20-18(15)21-13-16(17-7-6-14(2)26-17)22-9-11-24-12-10-22/h4-8,16H,3,9-13H2,1-2H3,(H,20,21)/t16-/m0/s1. The van der Waals surface area contributed by atoms with Crippen LogP contribution in [0, 0.1) is 6.92 Å². The molecule has 1 aliphatic rings. The molecule has 3 rings (SSSR count). The van der Waals surface area contributed by atoms with Gasteiger partial charge < -0.3 is 19.2 Å². The molecule has 7 heteroatoms. The third-order valence-corrected chi connectivity index (χ3v) is 4.34. The second-order valence-corrected chi connectivity index (χ2v) is 6.11. The number of anilines is 1. The lowest BCUT2D eigenvalue weighted by atomic mass is 10.1. The van der Waals surface area contributed by atoms with E-state index in [0.717, 1.165) is 24.6 Å². The maximum atomic E-state index is 12.1. The molecule has 0 unspecified atom stereocenters. The molecule has 26 heavy (non-hydrogen) atoms. The number of pyridine rings is 1. The molecule has 0 aromatic carbocycles. The number of ether oxygens (including phenoxy) is 2. The fraction of sp³-hybridized carbons (Fsp3) is 0.474. The minimum absolute atomic E-state index is 0.0321. The van der Waals surface area contributed by atoms with Gasteiger partial charge in [-0.05, 0) is 38.1 Å². The van der Waals surface area contributed by atoms with Gasteiger partial charge in [-0.25, -0.2) is 9.78 Å². The van der Waals surface area contributed by atoms with Crippen LogP contribution in [0.5, 0.6) is 0 Å². The predicted octanol–water partition coefficient (Wildman–Crippen LogP) is 2.65. The van der Waals surface area contributed by atoms with Crippen LogP contribution in [0.1, 0.15) is 34.8 Å². The minimum atomic E-state index is -0.375. The van der Waals surface area contributed by atoms with Gasteiger partial charge in [0.05, 0.1) is 25.9 Å². The molecule has 0 spiro atoms. The van der Waals surface area contributed by atoms with Crippen molar-refractivity contribution in [2.24, 2.45) is 0 Å². The van der Waals surface area contributed by atoms with E-state index in [1.165, 1.54) is 0 Å². The third-order valence-electron chi connectivity index (χ3n) is 4.34. The van der Waals surface area contributed by atoms with Gasteiger partial charge >= 0.3 is 5.97 Å². The van der Waals surface area contributed by atoms with Crippen LogP contribution in [-0.4, -0.2) is 55.3 Å². The van der Waals surface area contributed by atoms with Gasteiger partial charge in [-0.15, -0.1) is 0 Å². The molecule has 2 aromatic heterocycles. The smallest absolute Gasteiger partial charge is 0.341 e. The SMILES string of the molecule is CCOC(=O)c1cccnc1NC[C@@H](c1ccc(C)o1)N1CCOCC1. The number of furan rings is 1. The van der Waals surface area contributed by atoms with Crippen molar-refractivity contribution in [1.82, 2.24) is 9.88 Å². The molecule has 0 aliphatic carbocycles. The molecular weight excluding hydrogens is 334 g/mol. The van der Waals surface area contributed by atoms with E-state index in [1.807, 2.05) is 19.1 Å². The van der Waals surface area contributed by atoms with Gasteiger partial charge in [0.1, 0.15) is 22.9 Å². The number of carbonyl (C=O) groups is 1. The van der Waals surface area contributed by atoms with E-state index >= 15 is 0 Å². The number of hydrogen-bond acceptors (Lipinski definition) is 7. The van der Waals surface area contributed by atoms with Crippen LogP contribution in [-0.2, 0) is 9.47 Å². The van der Waals surface area contributed by atoms with Crippen molar-refractivity contribution < 1.29 is 18.7 Å². The van der Waals surface area contributed by atoms with Crippen molar-refractivity contribution in [3.63, 3.8) is 0 Å². The average molecular weight is 359 g/mol. The molecule has 1 N–H and O–H groups in total. The third kappa shape index (κ3) is 4.42. The largest absolute Gasteiger partial charge is 0.465 e. The number of carbonyl (C=O) groups excluding carboxylic acids is 1. The first-order valence-corrected chi connectivity index (χ1v) is 8.93. The zero-order valence-corrected chi connectivity index (χ0v) is 15.2. The Morgan fingerprint density at radius 1 is 1.35 bits per heavy atom. The molecule has 1 aliphatic heterocycles. The highest BCUT2D eigenvalue weighted by Gasteiger charge is 2.26. The van der Waals surface area contributed by atoms with Crippen LogP contribution in [0.25, 0.3) is 0 Å². The lowest BCUT2D eigenvalue weighted by Gasteiger charge is -2.33. The van der Waals surface area contributed by atoms with E-state index in [-0.39, 0.29) is 12.0 Å². The van der Waals surface area contributed by atoms with E-state index in [4.69, 9.17) is 13.9 Å². The fourth-order valence-electron chi connectivity index (χ4n) is 3.04. The van der Waals surface area contributed by atoms with Crippen LogP contribution in [0.15, 0.2) is 34.9 Å². The molecule has 0 amide bonds. The van der Waals surface area contributed by atoms with Gasteiger partial charge in [0.15, 0.2) is 0 Å². The molecule has 1 fully saturated rings. The first kappa shape index (κ1) is 18.4. The van der Waals surface area contributed by atoms with E-state index < -0.39 is 0 Å². The van der Waals surface area contributed by atoms with Crippen molar-refractivity contribution in [1.29, 1.82) is 0 Å². The normalized spacial score (nSPS) is 16.2. The summed E-state index contributed by atoms with van der Waals surface area (Å²) in [7, 11) is 0. The summed E-state index contributed by atoms with van der Waals surface area (Å²) in [4.78, 5) is 18.8. The summed E-state index contributed by atoms with van der Waals surface area (Å²) in [6.45, 7) is 7.69. The molecule has 0 saturated carbocycles. The number of aryl methyl sites for hydroxylation is 1. The Labute approximate surface area is 153 Å². The summed E-state index contributed by atoms with van der Waals surface area (Å²) in [5, 5.41) is 3.30. The number of esters is 1. The number of rotatable bonds is 7. The Bertz CT molecular complexity index is 725. The summed E-state index contributed by atoms with van der Waals surface area (Å²) in [5.41, 5.74) is 0.436. The first-order chi connectivity index (χ1) is 12.7. The van der Waals surface area contributed by atoms with Crippen molar-refractivity contribution in [2.45, 2.75) is 19.9 Å². The maximum Gasteiger partial charge on any atom is 0.341 e. The van der Waals surface area contributed by atoms with E-state index in [0.29, 0.717) is 37.7 Å². The minimum Gasteiger partial charge on any atom is -0.465 e. The Balaban J connectivity index is 1.77. The van der Waals surface area contributed by atoms with Crippen molar-refractivity contribution in [3.05, 3.63) is 47.5 Å². The van der Waals surface area contributed by atoms with Gasteiger partial charge in [-0.2, -0.15) is 0 Å². The van der Waals surface area contributed by atoms with Crippen LogP contribution in [0.3, 0.4) is 0 Å². The van der Waals surface area contributed by atoms with Crippen LogP contribution in [0.2, 0.25) is 0 Å². The lowest BCUT2D eigenvalue weighted by Crippen LogP contribution is -2.41. The first-order valence-electron chi connectivity index (χ1n) is 8.93. The Hall–Kier alpha value is -2.38. The van der Waals surface area contributed by atoms with Crippen molar-refractivity contribution in [3.8, 4) is 0 Å². The molecule has 7 nitrogen and oxygen atoms in total. The average Bonchev–Trinajstić information content (AvgIpc) is 3.09. The van der Waals surface area contributed by atoms with Gasteiger partial charge in [0.25, 0.3) is 0 Å². The van der Waals surface area contributed by atoms with Gasteiger partial charge in [0, 0.05) is 25.8 Å². The molecular formula is C19H25N3O4. The summed E-state index contributed by atoms with van der Waals surface area (Å²) in [5.74, 6) is 1.92. The van der Waals surface area contributed by atoms with Crippen LogP contribution in [0.4, 0.5) is 5.82 Å². The topological polar surface area (TPSA) is 76.8 Å². The molecule has 1 saturated heterocycles. The number of hydrogen-bond donors (Lipinski definition) is 1. The van der Waals surface area contributed by atoms with Crippen molar-refractivity contribution in [2.75, 3.05) is 44.8 Å². The number of nitrogens with zero attached hydrogens (tertiary/aromatic N) is 2. The molecule has 0 radical (unpaired) electrons. The van der Waals surface area contributed by atoms with Gasteiger partial charge in [0.2, 0.25) is 0 Å². The lowest BCUT2D eigenvalue weighted by molar-refractivity contribution is 0.0143. The highest BCUT2D eigenvalue weighted by molar-refractivity contribution is 5.94. The zero-order valence-electron chi connectivity index (χ0n) is 15.2. The highest BCUT2D eigenvalue weighted by atomic mass is 16.5. The molecule has 2 aromatic rings. The van der Waals surface area contributed by atoms with E-state index in [9.17, 15) is 4.79 Å². The van der Waals surface area contributed by atoms with E-state index in [2.05, 4.69) is 15.2 Å². The van der Waals surface area contributed by atoms with Crippen LogP contribution >= 0.6 is 0 Å². The van der Waals surface area contributed by atoms with Crippen molar-refractivity contribution >= 4 is 11.8 Å². The predicted molar refractivity (Wildman–Crippen MR) is 97.3 cm³/mol. The van der Waals surface area contributed by atoms with Gasteiger partial charge in [-0.1, -0.05) is 0 Å². The summed E-state index contributed by atoms with van der Waals surface area (Å²) >= 11 is 0. The summed E-state index contributed by atoms with van der Waals surface area (Å²) < 4.78 is 16.4. The number of morpholine rings is 1. The maximum absolute atomic E-state index is 12.1. The van der Waals surface area contributed by atoms with E-state index in [1.54, 1.807) is 25.3 Å². The Morgan fingerprint density at radius 2 is 2.15 bits per heavy atom. The summed E-state index contributed by atoms with van der Waals surface area (Å²) in [6.07, 6.45) is 1.66. The zero-order chi connectivity index (χ0) is 18.4. The number of nitrogens with one attached hydrogen (secondary N) is 1.